The predicted molar refractivity (Wildman–Crippen MR) is 77.5 cm³/mol. The summed E-state index contributed by atoms with van der Waals surface area (Å²) in [6.07, 6.45) is 0.824. The molecule has 0 saturated carbocycles. The molecule has 2 rings (SSSR count). The number of hydrogen-bond acceptors (Lipinski definition) is 6. The van der Waals surface area contributed by atoms with Gasteiger partial charge in [-0.05, 0) is 13.3 Å². The number of piperazine rings is 1. The summed E-state index contributed by atoms with van der Waals surface area (Å²) in [6.45, 7) is 8.53. The summed E-state index contributed by atoms with van der Waals surface area (Å²) in [4.78, 5) is 4.75. The maximum Gasteiger partial charge on any atom is 0.138 e. The average molecular weight is 305 g/mol. The molecule has 2 heterocycles. The molecule has 1 aromatic rings. The van der Waals surface area contributed by atoms with Crippen molar-refractivity contribution < 1.29 is 5.11 Å². The predicted octanol–water partition coefficient (Wildman–Crippen LogP) is 1.47. The maximum atomic E-state index is 9.54. The van der Waals surface area contributed by atoms with Crippen molar-refractivity contribution in [1.29, 1.82) is 0 Å². The standard InChI is InChI=1S/C12H21ClN4OS/c1-3-10-7-16(4-5-17(10)6-9(2)18)8-11-12(13)19-15-14-11/h9-10,18H,3-8H2,1-2H3/t9-,10+/m1/s1. The summed E-state index contributed by atoms with van der Waals surface area (Å²) >= 11 is 7.29. The van der Waals surface area contributed by atoms with Crippen molar-refractivity contribution in [2.75, 3.05) is 26.2 Å². The zero-order valence-electron chi connectivity index (χ0n) is 11.4. The number of aromatic nitrogens is 2. The molecule has 1 aliphatic rings. The van der Waals surface area contributed by atoms with E-state index in [9.17, 15) is 5.11 Å². The smallest absolute Gasteiger partial charge is 0.138 e. The van der Waals surface area contributed by atoms with Crippen LogP contribution in [0.25, 0.3) is 0 Å². The van der Waals surface area contributed by atoms with Gasteiger partial charge in [0.1, 0.15) is 10.0 Å². The molecule has 2 atom stereocenters. The molecule has 1 aliphatic heterocycles. The Morgan fingerprint density at radius 3 is 2.89 bits per heavy atom. The lowest BCUT2D eigenvalue weighted by Gasteiger charge is -2.41. The van der Waals surface area contributed by atoms with Crippen LogP contribution in [0.3, 0.4) is 0 Å². The molecule has 1 aromatic heterocycles. The molecule has 1 N–H and O–H groups in total. The van der Waals surface area contributed by atoms with E-state index in [1.54, 1.807) is 0 Å². The Morgan fingerprint density at radius 1 is 1.53 bits per heavy atom. The first-order valence-corrected chi connectivity index (χ1v) is 7.86. The topological polar surface area (TPSA) is 52.5 Å². The Morgan fingerprint density at radius 2 is 2.32 bits per heavy atom. The van der Waals surface area contributed by atoms with E-state index >= 15 is 0 Å². The molecule has 0 unspecified atom stereocenters. The zero-order chi connectivity index (χ0) is 13.8. The molecule has 5 nitrogen and oxygen atoms in total. The highest BCUT2D eigenvalue weighted by Crippen LogP contribution is 2.21. The lowest BCUT2D eigenvalue weighted by atomic mass is 10.1. The zero-order valence-corrected chi connectivity index (χ0v) is 13.0. The fraction of sp³-hybridized carbons (Fsp3) is 0.833. The normalized spacial score (nSPS) is 23.7. The Balaban J connectivity index is 1.91. The van der Waals surface area contributed by atoms with Gasteiger partial charge in [-0.25, -0.2) is 0 Å². The molecule has 0 aromatic carbocycles. The number of nitrogens with zero attached hydrogens (tertiary/aromatic N) is 4. The monoisotopic (exact) mass is 304 g/mol. The fourth-order valence-corrected chi connectivity index (χ4v) is 3.18. The first kappa shape index (κ1) is 15.1. The van der Waals surface area contributed by atoms with Gasteiger partial charge in [-0.2, -0.15) is 0 Å². The van der Waals surface area contributed by atoms with E-state index in [2.05, 4.69) is 26.3 Å². The van der Waals surface area contributed by atoms with Gasteiger partial charge in [-0.15, -0.1) is 5.10 Å². The molecular formula is C12H21ClN4OS. The van der Waals surface area contributed by atoms with Crippen molar-refractivity contribution in [3.05, 3.63) is 10.0 Å². The number of β-amino-alcohol motifs (C(OH)–C–C–N with tert-alkyl or cyclic N) is 1. The summed E-state index contributed by atoms with van der Waals surface area (Å²) in [7, 11) is 0. The van der Waals surface area contributed by atoms with Crippen LogP contribution in [0.15, 0.2) is 0 Å². The van der Waals surface area contributed by atoms with Crippen LogP contribution in [0.4, 0.5) is 0 Å². The van der Waals surface area contributed by atoms with Crippen LogP contribution in [0.2, 0.25) is 4.34 Å². The summed E-state index contributed by atoms with van der Waals surface area (Å²) in [5, 5.41) is 13.6. The van der Waals surface area contributed by atoms with Gasteiger partial charge in [0.25, 0.3) is 0 Å². The third kappa shape index (κ3) is 4.10. The molecule has 19 heavy (non-hydrogen) atoms. The lowest BCUT2D eigenvalue weighted by molar-refractivity contribution is 0.0333. The highest BCUT2D eigenvalue weighted by molar-refractivity contribution is 7.10. The Labute approximate surface area is 123 Å². The van der Waals surface area contributed by atoms with Gasteiger partial charge in [0.15, 0.2) is 0 Å². The molecule has 0 spiro atoms. The second-order valence-electron chi connectivity index (χ2n) is 5.13. The SMILES string of the molecule is CC[C@H]1CN(Cc2nnsc2Cl)CCN1C[C@@H](C)O. The number of hydrogen-bond donors (Lipinski definition) is 1. The summed E-state index contributed by atoms with van der Waals surface area (Å²) in [5.74, 6) is 0. The summed E-state index contributed by atoms with van der Waals surface area (Å²) in [5.41, 5.74) is 0.880. The van der Waals surface area contributed by atoms with Crippen LogP contribution in [0.1, 0.15) is 26.0 Å². The van der Waals surface area contributed by atoms with E-state index < -0.39 is 0 Å². The number of rotatable bonds is 5. The van der Waals surface area contributed by atoms with Crippen molar-refractivity contribution in [1.82, 2.24) is 19.4 Å². The minimum Gasteiger partial charge on any atom is -0.392 e. The first-order chi connectivity index (χ1) is 9.10. The fourth-order valence-electron chi connectivity index (χ4n) is 2.57. The molecule has 0 radical (unpaired) electrons. The molecule has 1 fully saturated rings. The van der Waals surface area contributed by atoms with Crippen molar-refractivity contribution in [2.24, 2.45) is 0 Å². The highest BCUT2D eigenvalue weighted by Gasteiger charge is 2.27. The molecule has 1 saturated heterocycles. The van der Waals surface area contributed by atoms with Gasteiger partial charge in [0, 0.05) is 50.3 Å². The van der Waals surface area contributed by atoms with Crippen molar-refractivity contribution in [2.45, 2.75) is 39.0 Å². The van der Waals surface area contributed by atoms with Crippen LogP contribution < -0.4 is 0 Å². The Bertz CT molecular complexity index is 401. The molecule has 7 heteroatoms. The number of aliphatic hydroxyl groups is 1. The van der Waals surface area contributed by atoms with Crippen molar-refractivity contribution in [3.8, 4) is 0 Å². The lowest BCUT2D eigenvalue weighted by Crippen LogP contribution is -2.54. The second kappa shape index (κ2) is 6.95. The molecule has 0 amide bonds. The molecule has 0 bridgehead atoms. The highest BCUT2D eigenvalue weighted by atomic mass is 35.5. The first-order valence-electron chi connectivity index (χ1n) is 6.71. The minimum atomic E-state index is -0.266. The van der Waals surface area contributed by atoms with Crippen LogP contribution >= 0.6 is 23.1 Å². The molecule has 108 valence electrons. The van der Waals surface area contributed by atoms with Crippen molar-refractivity contribution >= 4 is 23.1 Å². The third-order valence-electron chi connectivity index (χ3n) is 3.54. The van der Waals surface area contributed by atoms with Gasteiger partial charge in [-0.3, -0.25) is 9.80 Å². The van der Waals surface area contributed by atoms with E-state index in [1.807, 2.05) is 6.92 Å². The molecular weight excluding hydrogens is 284 g/mol. The van der Waals surface area contributed by atoms with E-state index in [-0.39, 0.29) is 6.10 Å². The summed E-state index contributed by atoms with van der Waals surface area (Å²) < 4.78 is 4.56. The molecule has 0 aliphatic carbocycles. The van der Waals surface area contributed by atoms with E-state index in [0.717, 1.165) is 44.8 Å². The van der Waals surface area contributed by atoms with E-state index in [4.69, 9.17) is 11.6 Å². The Hall–Kier alpha value is -0.270. The van der Waals surface area contributed by atoms with Crippen LogP contribution in [-0.4, -0.2) is 62.8 Å². The number of halogens is 1. The third-order valence-corrected chi connectivity index (χ3v) is 4.53. The van der Waals surface area contributed by atoms with Crippen LogP contribution in [-0.2, 0) is 6.54 Å². The van der Waals surface area contributed by atoms with E-state index in [1.165, 1.54) is 11.5 Å². The van der Waals surface area contributed by atoms with Gasteiger partial charge >= 0.3 is 0 Å². The van der Waals surface area contributed by atoms with Crippen molar-refractivity contribution in [3.63, 3.8) is 0 Å². The van der Waals surface area contributed by atoms with Crippen LogP contribution in [0.5, 0.6) is 0 Å². The second-order valence-corrected chi connectivity index (χ2v) is 6.49. The Kier molecular flexibility index (Phi) is 5.53. The van der Waals surface area contributed by atoms with Gasteiger partial charge in [-0.1, -0.05) is 23.0 Å². The van der Waals surface area contributed by atoms with Gasteiger partial charge in [0.2, 0.25) is 0 Å². The minimum absolute atomic E-state index is 0.266. The van der Waals surface area contributed by atoms with Gasteiger partial charge < -0.3 is 5.11 Å². The summed E-state index contributed by atoms with van der Waals surface area (Å²) in [6, 6.07) is 0.494. The van der Waals surface area contributed by atoms with E-state index in [0.29, 0.717) is 10.4 Å². The number of aliphatic hydroxyl groups excluding tert-OH is 1. The largest absolute Gasteiger partial charge is 0.392 e. The average Bonchev–Trinajstić information content (AvgIpc) is 2.76. The quantitative estimate of drug-likeness (QED) is 0.893. The van der Waals surface area contributed by atoms with Gasteiger partial charge in [0.05, 0.1) is 6.10 Å². The maximum absolute atomic E-state index is 9.54. The van der Waals surface area contributed by atoms with Crippen LogP contribution in [0, 0.1) is 0 Å².